The van der Waals surface area contributed by atoms with Gasteiger partial charge in [0.2, 0.25) is 0 Å². The van der Waals surface area contributed by atoms with E-state index in [0.29, 0.717) is 25.3 Å². The Labute approximate surface area is 144 Å². The van der Waals surface area contributed by atoms with E-state index in [1.807, 2.05) is 48.2 Å². The molecule has 0 aromatic heterocycles. The van der Waals surface area contributed by atoms with E-state index in [0.717, 1.165) is 12.0 Å². The fourth-order valence-electron chi connectivity index (χ4n) is 2.89. The van der Waals surface area contributed by atoms with Crippen LogP contribution in [-0.2, 0) is 25.0 Å². The van der Waals surface area contributed by atoms with Gasteiger partial charge in [0.15, 0.2) is 0 Å². The van der Waals surface area contributed by atoms with Crippen LogP contribution in [0.2, 0.25) is 0 Å². The van der Waals surface area contributed by atoms with E-state index in [4.69, 9.17) is 9.05 Å². The third-order valence-electron chi connectivity index (χ3n) is 3.96. The molecule has 1 aromatic carbocycles. The van der Waals surface area contributed by atoms with Crippen LogP contribution >= 0.6 is 7.60 Å². The number of nitrogens with zero attached hydrogens (tertiary/aromatic N) is 1. The second-order valence-corrected chi connectivity index (χ2v) is 7.75. The van der Waals surface area contributed by atoms with E-state index in [1.165, 1.54) is 0 Å². The highest BCUT2D eigenvalue weighted by molar-refractivity contribution is 7.54. The summed E-state index contributed by atoms with van der Waals surface area (Å²) in [6.45, 7) is 6.72. The molecule has 0 N–H and O–H groups in total. The molecule has 0 aliphatic carbocycles. The van der Waals surface area contributed by atoms with Crippen molar-refractivity contribution in [2.24, 2.45) is 0 Å². The highest BCUT2D eigenvalue weighted by atomic mass is 31.2. The Morgan fingerprint density at radius 1 is 1.08 bits per heavy atom. The third kappa shape index (κ3) is 4.56. The summed E-state index contributed by atoms with van der Waals surface area (Å²) in [6, 6.07) is 9.90. The van der Waals surface area contributed by atoms with Crippen molar-refractivity contribution in [3.8, 4) is 0 Å². The zero-order valence-electron chi connectivity index (χ0n) is 14.6. The van der Waals surface area contributed by atoms with Crippen molar-refractivity contribution in [3.63, 3.8) is 0 Å². The van der Waals surface area contributed by atoms with Gasteiger partial charge in [-0.2, -0.15) is 0 Å². The summed E-state index contributed by atoms with van der Waals surface area (Å²) in [4.78, 5) is 14.6. The maximum absolute atomic E-state index is 12.8. The number of rotatable bonds is 9. The number of carbonyl (C=O) groups excluding carboxylic acids is 1. The lowest BCUT2D eigenvalue weighted by Gasteiger charge is -2.24. The Morgan fingerprint density at radius 3 is 2.25 bits per heavy atom. The van der Waals surface area contributed by atoms with Gasteiger partial charge in [-0.15, -0.1) is 0 Å². The number of benzene rings is 1. The van der Waals surface area contributed by atoms with E-state index in [2.05, 4.69) is 0 Å². The second kappa shape index (κ2) is 8.61. The Hall–Kier alpha value is -1.42. The zero-order chi connectivity index (χ0) is 17.6. The first-order chi connectivity index (χ1) is 11.5. The Balaban J connectivity index is 2.14. The smallest absolute Gasteiger partial charge is 0.328 e. The molecule has 0 spiro atoms. The maximum atomic E-state index is 12.8. The van der Waals surface area contributed by atoms with E-state index < -0.39 is 7.60 Å². The molecule has 1 amide bonds. The summed E-state index contributed by atoms with van der Waals surface area (Å²) in [5.74, 6) is -0.0784. The first-order valence-electron chi connectivity index (χ1n) is 8.46. The van der Waals surface area contributed by atoms with Crippen molar-refractivity contribution in [2.75, 3.05) is 19.4 Å². The molecule has 0 radical (unpaired) electrons. The molecule has 1 atom stereocenters. The molecule has 5 nitrogen and oxygen atoms in total. The summed E-state index contributed by atoms with van der Waals surface area (Å²) in [5, 5.41) is 0. The van der Waals surface area contributed by atoms with Crippen LogP contribution in [-0.4, -0.2) is 36.2 Å². The van der Waals surface area contributed by atoms with Crippen molar-refractivity contribution >= 4 is 13.5 Å². The summed E-state index contributed by atoms with van der Waals surface area (Å²) < 4.78 is 23.4. The van der Waals surface area contributed by atoms with Crippen molar-refractivity contribution in [1.29, 1.82) is 0 Å². The van der Waals surface area contributed by atoms with Gasteiger partial charge in [0.1, 0.15) is 0 Å². The van der Waals surface area contributed by atoms with Gasteiger partial charge < -0.3 is 13.9 Å². The molecule has 1 aromatic rings. The van der Waals surface area contributed by atoms with Crippen molar-refractivity contribution in [2.45, 2.75) is 39.8 Å². The third-order valence-corrected chi connectivity index (χ3v) is 5.99. The van der Waals surface area contributed by atoms with Crippen molar-refractivity contribution in [3.05, 3.63) is 47.5 Å². The van der Waals surface area contributed by atoms with Crippen LogP contribution in [0.4, 0.5) is 0 Å². The molecule has 0 saturated carbocycles. The van der Waals surface area contributed by atoms with Crippen LogP contribution in [0.3, 0.4) is 0 Å². The molecule has 0 fully saturated rings. The number of hydrogen-bond donors (Lipinski definition) is 0. The fourth-order valence-corrected chi connectivity index (χ4v) is 4.59. The van der Waals surface area contributed by atoms with Gasteiger partial charge in [0.25, 0.3) is 5.91 Å². The summed E-state index contributed by atoms with van der Waals surface area (Å²) in [7, 11) is -3.27. The topological polar surface area (TPSA) is 55.8 Å². The first kappa shape index (κ1) is 18.9. The minimum absolute atomic E-state index is 0.0180. The van der Waals surface area contributed by atoms with Gasteiger partial charge in [0, 0.05) is 12.1 Å². The zero-order valence-corrected chi connectivity index (χ0v) is 15.5. The van der Waals surface area contributed by atoms with Gasteiger partial charge in [-0.3, -0.25) is 9.36 Å². The monoisotopic (exact) mass is 351 g/mol. The summed E-state index contributed by atoms with van der Waals surface area (Å²) in [5.41, 5.74) is 1.61. The standard InChI is InChI=1S/C18H26NO4P/c1-4-17-12-16(14-24(21,22-5-2)23-6-3)18(20)19(17)13-15-10-8-7-9-11-15/h7-12,17H,4-6,13-14H2,1-3H3. The summed E-state index contributed by atoms with van der Waals surface area (Å²) in [6.07, 6.45) is 2.76. The van der Waals surface area contributed by atoms with Gasteiger partial charge in [-0.25, -0.2) is 0 Å². The molecule has 0 bridgehead atoms. The minimum atomic E-state index is -3.27. The predicted octanol–water partition coefficient (Wildman–Crippen LogP) is 4.00. The molecule has 6 heteroatoms. The lowest BCUT2D eigenvalue weighted by Crippen LogP contribution is -2.34. The highest BCUT2D eigenvalue weighted by Crippen LogP contribution is 2.50. The fraction of sp³-hybridized carbons (Fsp3) is 0.500. The molecule has 132 valence electrons. The Bertz CT molecular complexity index is 619. The number of amides is 1. The van der Waals surface area contributed by atoms with Gasteiger partial charge in [-0.05, 0) is 25.8 Å². The predicted molar refractivity (Wildman–Crippen MR) is 94.9 cm³/mol. The summed E-state index contributed by atoms with van der Waals surface area (Å²) >= 11 is 0. The first-order valence-corrected chi connectivity index (χ1v) is 10.2. The van der Waals surface area contributed by atoms with E-state index in [-0.39, 0.29) is 18.1 Å². The molecular formula is C18H26NO4P. The lowest BCUT2D eigenvalue weighted by molar-refractivity contribution is -0.127. The van der Waals surface area contributed by atoms with Crippen LogP contribution in [0.5, 0.6) is 0 Å². The molecule has 1 aliphatic rings. The van der Waals surface area contributed by atoms with Crippen LogP contribution in [0.1, 0.15) is 32.8 Å². The number of carbonyl (C=O) groups is 1. The molecule has 24 heavy (non-hydrogen) atoms. The molecular weight excluding hydrogens is 325 g/mol. The maximum Gasteiger partial charge on any atom is 0.335 e. The van der Waals surface area contributed by atoms with Crippen molar-refractivity contribution < 1.29 is 18.4 Å². The van der Waals surface area contributed by atoms with Crippen LogP contribution in [0.25, 0.3) is 0 Å². The van der Waals surface area contributed by atoms with Gasteiger partial charge in [-0.1, -0.05) is 43.3 Å². The van der Waals surface area contributed by atoms with E-state index in [1.54, 1.807) is 13.8 Å². The lowest BCUT2D eigenvalue weighted by atomic mass is 10.1. The largest absolute Gasteiger partial charge is 0.335 e. The van der Waals surface area contributed by atoms with Crippen molar-refractivity contribution in [1.82, 2.24) is 4.90 Å². The molecule has 2 rings (SSSR count). The molecule has 0 saturated heterocycles. The number of hydrogen-bond acceptors (Lipinski definition) is 4. The van der Waals surface area contributed by atoms with Crippen LogP contribution in [0.15, 0.2) is 42.0 Å². The average molecular weight is 351 g/mol. The van der Waals surface area contributed by atoms with Gasteiger partial charge in [0.05, 0.1) is 25.4 Å². The normalized spacial score (nSPS) is 18.1. The van der Waals surface area contributed by atoms with Gasteiger partial charge >= 0.3 is 7.60 Å². The second-order valence-electron chi connectivity index (χ2n) is 5.69. The molecule has 1 heterocycles. The SMILES string of the molecule is CCOP(=O)(CC1=CC(CC)N(Cc2ccccc2)C1=O)OCC. The van der Waals surface area contributed by atoms with E-state index >= 15 is 0 Å². The minimum Gasteiger partial charge on any atom is -0.328 e. The quantitative estimate of drug-likeness (QED) is 0.631. The molecule has 1 aliphatic heterocycles. The Morgan fingerprint density at radius 2 is 1.71 bits per heavy atom. The van der Waals surface area contributed by atoms with Crippen LogP contribution in [0, 0.1) is 0 Å². The average Bonchev–Trinajstić information content (AvgIpc) is 2.85. The molecule has 1 unspecified atom stereocenters. The Kier molecular flexibility index (Phi) is 6.79. The van der Waals surface area contributed by atoms with E-state index in [9.17, 15) is 9.36 Å². The van der Waals surface area contributed by atoms with Crippen LogP contribution < -0.4 is 0 Å². The highest BCUT2D eigenvalue weighted by Gasteiger charge is 2.36.